The summed E-state index contributed by atoms with van der Waals surface area (Å²) in [5, 5.41) is 9.25. The van der Waals surface area contributed by atoms with Crippen molar-refractivity contribution in [3.63, 3.8) is 0 Å². The molecule has 1 unspecified atom stereocenters. The van der Waals surface area contributed by atoms with E-state index in [1.54, 1.807) is 7.05 Å². The molecule has 0 radical (unpaired) electrons. The SMILES string of the molecule is CCNC(=NCCCOCC1CCCO1)NCCc1cccc(C(=O)NC)c1. The van der Waals surface area contributed by atoms with Crippen molar-refractivity contribution in [3.05, 3.63) is 35.4 Å². The standard InChI is InChI=1S/C21H34N4O3/c1-3-23-21(24-11-6-13-27-16-19-9-5-14-28-19)25-12-10-17-7-4-8-18(15-17)20(26)22-2/h4,7-8,15,19H,3,5-6,9-14,16H2,1-2H3,(H,22,26)(H2,23,24,25). The molecule has 1 aromatic rings. The lowest BCUT2D eigenvalue weighted by molar-refractivity contribution is 0.0171. The minimum Gasteiger partial charge on any atom is -0.379 e. The van der Waals surface area contributed by atoms with Crippen molar-refractivity contribution in [1.29, 1.82) is 0 Å². The van der Waals surface area contributed by atoms with E-state index in [2.05, 4.69) is 27.9 Å². The van der Waals surface area contributed by atoms with Crippen molar-refractivity contribution >= 4 is 11.9 Å². The van der Waals surface area contributed by atoms with Gasteiger partial charge in [-0.05, 0) is 50.3 Å². The summed E-state index contributed by atoms with van der Waals surface area (Å²) in [6.45, 7) is 6.59. The van der Waals surface area contributed by atoms with Crippen LogP contribution in [-0.2, 0) is 15.9 Å². The fraction of sp³-hybridized carbons (Fsp3) is 0.619. The van der Waals surface area contributed by atoms with Gasteiger partial charge >= 0.3 is 0 Å². The largest absolute Gasteiger partial charge is 0.379 e. The predicted molar refractivity (Wildman–Crippen MR) is 112 cm³/mol. The number of nitrogens with zero attached hydrogens (tertiary/aromatic N) is 1. The Hall–Kier alpha value is -2.12. The molecule has 1 aromatic carbocycles. The average molecular weight is 391 g/mol. The number of benzene rings is 1. The molecule has 2 rings (SSSR count). The predicted octanol–water partition coefficient (Wildman–Crippen LogP) is 1.73. The van der Waals surface area contributed by atoms with E-state index in [1.807, 2.05) is 24.3 Å². The molecule has 0 bridgehead atoms. The first-order valence-electron chi connectivity index (χ1n) is 10.3. The summed E-state index contributed by atoms with van der Waals surface area (Å²) in [5.74, 6) is 0.746. The van der Waals surface area contributed by atoms with E-state index in [4.69, 9.17) is 9.47 Å². The number of carbonyl (C=O) groups is 1. The van der Waals surface area contributed by atoms with Gasteiger partial charge in [-0.15, -0.1) is 0 Å². The number of carbonyl (C=O) groups excluding carboxylic acids is 1. The molecule has 3 N–H and O–H groups in total. The van der Waals surface area contributed by atoms with Gasteiger partial charge in [-0.2, -0.15) is 0 Å². The molecule has 1 aliphatic heterocycles. The van der Waals surface area contributed by atoms with Gasteiger partial charge in [0.05, 0.1) is 12.7 Å². The summed E-state index contributed by atoms with van der Waals surface area (Å²) in [6, 6.07) is 7.69. The molecule has 1 aliphatic rings. The number of ether oxygens (including phenoxy) is 2. The van der Waals surface area contributed by atoms with Gasteiger partial charge in [0, 0.05) is 45.5 Å². The van der Waals surface area contributed by atoms with Crippen LogP contribution < -0.4 is 16.0 Å². The monoisotopic (exact) mass is 390 g/mol. The van der Waals surface area contributed by atoms with Crippen LogP contribution in [0, 0.1) is 0 Å². The molecule has 7 heteroatoms. The third-order valence-corrected chi connectivity index (χ3v) is 4.51. The summed E-state index contributed by atoms with van der Waals surface area (Å²) in [6.07, 6.45) is 4.24. The Bertz CT molecular complexity index is 615. The van der Waals surface area contributed by atoms with Crippen LogP contribution in [0.2, 0.25) is 0 Å². The highest BCUT2D eigenvalue weighted by Crippen LogP contribution is 2.11. The van der Waals surface area contributed by atoms with Gasteiger partial charge in [0.2, 0.25) is 0 Å². The molecule has 0 saturated carbocycles. The highest BCUT2D eigenvalue weighted by Gasteiger charge is 2.14. The van der Waals surface area contributed by atoms with Crippen molar-refractivity contribution in [2.75, 3.05) is 46.5 Å². The van der Waals surface area contributed by atoms with Gasteiger partial charge in [-0.1, -0.05) is 12.1 Å². The van der Waals surface area contributed by atoms with Crippen LogP contribution in [0.25, 0.3) is 0 Å². The summed E-state index contributed by atoms with van der Waals surface area (Å²) in [7, 11) is 1.64. The summed E-state index contributed by atoms with van der Waals surface area (Å²) < 4.78 is 11.2. The summed E-state index contributed by atoms with van der Waals surface area (Å²) >= 11 is 0. The molecular weight excluding hydrogens is 356 g/mol. The van der Waals surface area contributed by atoms with Crippen LogP contribution in [0.4, 0.5) is 0 Å². The molecule has 0 aromatic heterocycles. The van der Waals surface area contributed by atoms with Gasteiger partial charge < -0.3 is 25.4 Å². The van der Waals surface area contributed by atoms with Crippen LogP contribution in [-0.4, -0.2) is 64.5 Å². The smallest absolute Gasteiger partial charge is 0.251 e. The Labute approximate surface area is 168 Å². The summed E-state index contributed by atoms with van der Waals surface area (Å²) in [5.41, 5.74) is 1.80. The van der Waals surface area contributed by atoms with Crippen LogP contribution in [0.15, 0.2) is 29.3 Å². The third kappa shape index (κ3) is 8.27. The first kappa shape index (κ1) is 22.2. The zero-order valence-corrected chi connectivity index (χ0v) is 17.1. The maximum atomic E-state index is 11.7. The zero-order chi connectivity index (χ0) is 20.0. The molecule has 1 heterocycles. The average Bonchev–Trinajstić information content (AvgIpc) is 3.23. The molecule has 1 amide bonds. The van der Waals surface area contributed by atoms with E-state index in [-0.39, 0.29) is 12.0 Å². The van der Waals surface area contributed by atoms with E-state index in [0.29, 0.717) is 25.3 Å². The topological polar surface area (TPSA) is 84.0 Å². The Balaban J connectivity index is 1.66. The van der Waals surface area contributed by atoms with Gasteiger partial charge in [0.15, 0.2) is 5.96 Å². The van der Waals surface area contributed by atoms with Crippen LogP contribution in [0.1, 0.15) is 42.1 Å². The molecule has 0 spiro atoms. The maximum Gasteiger partial charge on any atom is 0.251 e. The van der Waals surface area contributed by atoms with E-state index in [9.17, 15) is 4.79 Å². The number of aliphatic imine (C=N–C) groups is 1. The van der Waals surface area contributed by atoms with Crippen molar-refractivity contribution in [3.8, 4) is 0 Å². The number of rotatable bonds is 11. The molecule has 1 atom stereocenters. The molecule has 1 fully saturated rings. The maximum absolute atomic E-state index is 11.7. The number of guanidine groups is 1. The minimum absolute atomic E-state index is 0.0635. The lowest BCUT2D eigenvalue weighted by Gasteiger charge is -2.12. The molecular formula is C21H34N4O3. The van der Waals surface area contributed by atoms with Crippen LogP contribution in [0.3, 0.4) is 0 Å². The van der Waals surface area contributed by atoms with E-state index < -0.39 is 0 Å². The molecule has 28 heavy (non-hydrogen) atoms. The van der Waals surface area contributed by atoms with Crippen molar-refractivity contribution < 1.29 is 14.3 Å². The minimum atomic E-state index is -0.0635. The zero-order valence-electron chi connectivity index (χ0n) is 17.1. The first-order valence-corrected chi connectivity index (χ1v) is 10.3. The van der Waals surface area contributed by atoms with Gasteiger partial charge in [-0.3, -0.25) is 9.79 Å². The first-order chi connectivity index (χ1) is 13.7. The molecule has 156 valence electrons. The van der Waals surface area contributed by atoms with Crippen molar-refractivity contribution in [2.45, 2.75) is 38.7 Å². The van der Waals surface area contributed by atoms with Crippen molar-refractivity contribution in [1.82, 2.24) is 16.0 Å². The van der Waals surface area contributed by atoms with E-state index in [1.165, 1.54) is 0 Å². The highest BCUT2D eigenvalue weighted by molar-refractivity contribution is 5.94. The lowest BCUT2D eigenvalue weighted by atomic mass is 10.1. The lowest BCUT2D eigenvalue weighted by Crippen LogP contribution is -2.38. The number of hydrogen-bond acceptors (Lipinski definition) is 4. The van der Waals surface area contributed by atoms with Crippen molar-refractivity contribution in [2.24, 2.45) is 4.99 Å². The Morgan fingerprint density at radius 3 is 3.00 bits per heavy atom. The van der Waals surface area contributed by atoms with E-state index >= 15 is 0 Å². The van der Waals surface area contributed by atoms with Gasteiger partial charge in [-0.25, -0.2) is 0 Å². The Morgan fingerprint density at radius 1 is 1.36 bits per heavy atom. The van der Waals surface area contributed by atoms with Crippen LogP contribution in [0.5, 0.6) is 0 Å². The second kappa shape index (κ2) is 13.1. The van der Waals surface area contributed by atoms with E-state index in [0.717, 1.165) is 56.9 Å². The highest BCUT2D eigenvalue weighted by atomic mass is 16.5. The Kier molecular flexibility index (Phi) is 10.4. The van der Waals surface area contributed by atoms with Gasteiger partial charge in [0.25, 0.3) is 5.91 Å². The van der Waals surface area contributed by atoms with Gasteiger partial charge in [0.1, 0.15) is 0 Å². The Morgan fingerprint density at radius 2 is 2.25 bits per heavy atom. The molecule has 7 nitrogen and oxygen atoms in total. The molecule has 1 saturated heterocycles. The summed E-state index contributed by atoms with van der Waals surface area (Å²) in [4.78, 5) is 16.3. The number of nitrogens with one attached hydrogen (secondary N) is 3. The number of hydrogen-bond donors (Lipinski definition) is 3. The fourth-order valence-corrected chi connectivity index (χ4v) is 3.03. The third-order valence-electron chi connectivity index (χ3n) is 4.51. The second-order valence-corrected chi connectivity index (χ2v) is 6.78. The molecule has 0 aliphatic carbocycles. The van der Waals surface area contributed by atoms with Crippen LogP contribution >= 0.6 is 0 Å². The second-order valence-electron chi connectivity index (χ2n) is 6.78. The number of amides is 1. The quantitative estimate of drug-likeness (QED) is 0.304. The normalized spacial score (nSPS) is 16.8. The fourth-order valence-electron chi connectivity index (χ4n) is 3.03.